The normalized spacial score (nSPS) is 19.2. The minimum atomic E-state index is -0.456. The lowest BCUT2D eigenvalue weighted by molar-refractivity contribution is -0.134. The lowest BCUT2D eigenvalue weighted by Gasteiger charge is -2.35. The van der Waals surface area contributed by atoms with E-state index in [1.54, 1.807) is 24.1 Å². The van der Waals surface area contributed by atoms with Crippen LogP contribution in [0.1, 0.15) is 12.8 Å². The lowest BCUT2D eigenvalue weighted by Crippen LogP contribution is -2.51. The molecule has 0 radical (unpaired) electrons. The quantitative estimate of drug-likeness (QED) is 0.577. The van der Waals surface area contributed by atoms with Crippen molar-refractivity contribution in [2.24, 2.45) is 0 Å². The summed E-state index contributed by atoms with van der Waals surface area (Å²) in [6.45, 7) is 3.95. The number of amides is 3. The number of nitrogens with one attached hydrogen (secondary N) is 2. The zero-order valence-electron chi connectivity index (χ0n) is 17.0. The second kappa shape index (κ2) is 11.0. The predicted octanol–water partition coefficient (Wildman–Crippen LogP) is 1.44. The Kier molecular flexibility index (Phi) is 8.38. The molecule has 2 aliphatic heterocycles. The first-order valence-electron chi connectivity index (χ1n) is 9.99. The van der Waals surface area contributed by atoms with E-state index in [1.807, 2.05) is 11.0 Å². The molecule has 30 heavy (non-hydrogen) atoms. The number of anilines is 1. The van der Waals surface area contributed by atoms with Crippen molar-refractivity contribution in [2.45, 2.75) is 23.0 Å². The number of thioether (sulfide) groups is 1. The Labute approximate surface area is 185 Å². The Morgan fingerprint density at radius 3 is 2.80 bits per heavy atom. The molecule has 0 bridgehead atoms. The van der Waals surface area contributed by atoms with Crippen molar-refractivity contribution >= 4 is 46.8 Å². The Hall–Kier alpha value is -1.81. The van der Waals surface area contributed by atoms with Crippen LogP contribution in [0.25, 0.3) is 0 Å². The van der Waals surface area contributed by atoms with Crippen LogP contribution in [0, 0.1) is 0 Å². The van der Waals surface area contributed by atoms with Crippen LogP contribution in [0.15, 0.2) is 23.1 Å². The summed E-state index contributed by atoms with van der Waals surface area (Å²) in [7, 11) is 1.64. The van der Waals surface area contributed by atoms with Crippen molar-refractivity contribution in [2.75, 3.05) is 58.3 Å². The molecule has 0 spiro atoms. The highest BCUT2D eigenvalue weighted by Crippen LogP contribution is 2.38. The monoisotopic (exact) mass is 454 g/mol. The van der Waals surface area contributed by atoms with Crippen LogP contribution < -0.4 is 10.6 Å². The van der Waals surface area contributed by atoms with E-state index in [4.69, 9.17) is 16.3 Å². The number of halogens is 1. The first-order chi connectivity index (χ1) is 14.5. The molecule has 2 aliphatic rings. The van der Waals surface area contributed by atoms with Crippen molar-refractivity contribution in [1.82, 2.24) is 15.1 Å². The molecule has 1 atom stereocenters. The summed E-state index contributed by atoms with van der Waals surface area (Å²) >= 11 is 7.37. The van der Waals surface area contributed by atoms with Crippen molar-refractivity contribution in [1.29, 1.82) is 0 Å². The van der Waals surface area contributed by atoms with E-state index in [1.165, 1.54) is 11.8 Å². The van der Waals surface area contributed by atoms with Gasteiger partial charge in [-0.25, -0.2) is 0 Å². The van der Waals surface area contributed by atoms with Crippen molar-refractivity contribution in [3.8, 4) is 0 Å². The summed E-state index contributed by atoms with van der Waals surface area (Å²) in [6, 6.07) is 5.35. The summed E-state index contributed by atoms with van der Waals surface area (Å²) in [4.78, 5) is 41.8. The summed E-state index contributed by atoms with van der Waals surface area (Å²) < 4.78 is 4.96. The minimum absolute atomic E-state index is 0.0140. The number of ether oxygens (including phenoxy) is 1. The van der Waals surface area contributed by atoms with Gasteiger partial charge in [0.25, 0.3) is 0 Å². The summed E-state index contributed by atoms with van der Waals surface area (Å²) in [5.41, 5.74) is 0.690. The fraction of sp³-hybridized carbons (Fsp3) is 0.550. The average Bonchev–Trinajstić information content (AvgIpc) is 2.72. The van der Waals surface area contributed by atoms with Crippen LogP contribution in [0.3, 0.4) is 0 Å². The summed E-state index contributed by atoms with van der Waals surface area (Å²) in [5.74, 6) is -0.226. The Balaban J connectivity index is 1.42. The topological polar surface area (TPSA) is 91.0 Å². The molecule has 0 aliphatic carbocycles. The molecule has 8 nitrogen and oxygen atoms in total. The molecule has 0 saturated carbocycles. The van der Waals surface area contributed by atoms with E-state index in [9.17, 15) is 14.4 Å². The van der Waals surface area contributed by atoms with E-state index in [-0.39, 0.29) is 24.1 Å². The number of benzene rings is 1. The average molecular weight is 455 g/mol. The number of methoxy groups -OCH3 is 1. The van der Waals surface area contributed by atoms with Gasteiger partial charge in [-0.2, -0.15) is 0 Å². The number of nitrogens with zero attached hydrogens (tertiary/aromatic N) is 2. The van der Waals surface area contributed by atoms with E-state index in [2.05, 4.69) is 10.6 Å². The molecule has 1 unspecified atom stereocenters. The third-order valence-corrected chi connectivity index (χ3v) is 6.57. The molecule has 1 aromatic rings. The summed E-state index contributed by atoms with van der Waals surface area (Å²) in [5, 5.41) is 5.81. The molecule has 1 fully saturated rings. The van der Waals surface area contributed by atoms with E-state index in [0.717, 1.165) is 11.3 Å². The number of rotatable bonds is 8. The Morgan fingerprint density at radius 2 is 2.07 bits per heavy atom. The molecule has 3 amide bonds. The fourth-order valence-electron chi connectivity index (χ4n) is 3.40. The van der Waals surface area contributed by atoms with Gasteiger partial charge >= 0.3 is 0 Å². The van der Waals surface area contributed by atoms with Gasteiger partial charge < -0.3 is 20.3 Å². The molecule has 1 saturated heterocycles. The van der Waals surface area contributed by atoms with Crippen LogP contribution in [0.2, 0.25) is 5.02 Å². The van der Waals surface area contributed by atoms with Crippen molar-refractivity contribution in [3.05, 3.63) is 23.2 Å². The molecule has 0 aromatic heterocycles. The minimum Gasteiger partial charge on any atom is -0.385 e. The number of hydrogen-bond acceptors (Lipinski definition) is 6. The highest BCUT2D eigenvalue weighted by molar-refractivity contribution is 8.01. The zero-order valence-corrected chi connectivity index (χ0v) is 18.6. The maximum Gasteiger partial charge on any atom is 0.238 e. The third kappa shape index (κ3) is 6.34. The molecule has 10 heteroatoms. The number of fused-ring (bicyclic) bond motifs is 1. The highest BCUT2D eigenvalue weighted by Gasteiger charge is 2.31. The number of hydrogen-bond donors (Lipinski definition) is 2. The molecule has 2 heterocycles. The van der Waals surface area contributed by atoms with Crippen LogP contribution in [-0.2, 0) is 19.1 Å². The van der Waals surface area contributed by atoms with Gasteiger partial charge in [-0.05, 0) is 24.6 Å². The van der Waals surface area contributed by atoms with E-state index in [0.29, 0.717) is 56.6 Å². The molecule has 164 valence electrons. The number of carbonyl (C=O) groups is 3. The zero-order chi connectivity index (χ0) is 21.5. The van der Waals surface area contributed by atoms with Crippen molar-refractivity contribution < 1.29 is 19.1 Å². The standard InChI is InChI=1S/C20H27ClN4O4S/c1-29-10-2-5-22-18(26)13-24-6-8-25(9-7-24)19(27)12-17-20(28)23-15-11-14(21)3-4-16(15)30-17/h3-4,11,17H,2,5-10,12-13H2,1H3,(H,22,26)(H,23,28). The second-order valence-corrected chi connectivity index (χ2v) is 8.97. The molecule has 2 N–H and O–H groups in total. The van der Waals surface area contributed by atoms with Crippen molar-refractivity contribution in [3.63, 3.8) is 0 Å². The maximum atomic E-state index is 12.7. The number of carbonyl (C=O) groups excluding carboxylic acids is 3. The van der Waals surface area contributed by atoms with Crippen LogP contribution in [0.4, 0.5) is 5.69 Å². The van der Waals surface area contributed by atoms with Gasteiger partial charge in [0.15, 0.2) is 0 Å². The SMILES string of the molecule is COCCCNC(=O)CN1CCN(C(=O)CC2Sc3ccc(Cl)cc3NC2=O)CC1. The largest absolute Gasteiger partial charge is 0.385 e. The van der Waals surface area contributed by atoms with Gasteiger partial charge in [0.1, 0.15) is 0 Å². The summed E-state index contributed by atoms with van der Waals surface area (Å²) in [6.07, 6.45) is 0.938. The van der Waals surface area contributed by atoms with Gasteiger partial charge in [-0.1, -0.05) is 11.6 Å². The first kappa shape index (κ1) is 22.9. The molecule has 3 rings (SSSR count). The number of piperazine rings is 1. The Morgan fingerprint density at radius 1 is 1.30 bits per heavy atom. The van der Waals surface area contributed by atoms with Gasteiger partial charge in [-0.15, -0.1) is 11.8 Å². The lowest BCUT2D eigenvalue weighted by atomic mass is 10.2. The Bertz CT molecular complexity index is 786. The van der Waals surface area contributed by atoms with Gasteiger partial charge in [0.2, 0.25) is 17.7 Å². The fourth-order valence-corrected chi connectivity index (χ4v) is 4.66. The predicted molar refractivity (Wildman–Crippen MR) is 117 cm³/mol. The molecular weight excluding hydrogens is 428 g/mol. The third-order valence-electron chi connectivity index (χ3n) is 5.06. The van der Waals surface area contributed by atoms with Crippen LogP contribution in [0.5, 0.6) is 0 Å². The van der Waals surface area contributed by atoms with Crippen LogP contribution in [-0.4, -0.2) is 85.8 Å². The maximum absolute atomic E-state index is 12.7. The van der Waals surface area contributed by atoms with E-state index >= 15 is 0 Å². The first-order valence-corrected chi connectivity index (χ1v) is 11.2. The smallest absolute Gasteiger partial charge is 0.238 e. The van der Waals surface area contributed by atoms with Gasteiger partial charge in [0, 0.05) is 62.8 Å². The highest BCUT2D eigenvalue weighted by atomic mass is 35.5. The molecular formula is C20H27ClN4O4S. The second-order valence-electron chi connectivity index (χ2n) is 7.29. The van der Waals surface area contributed by atoms with Gasteiger partial charge in [-0.3, -0.25) is 19.3 Å². The molecule has 1 aromatic carbocycles. The van der Waals surface area contributed by atoms with E-state index < -0.39 is 5.25 Å². The van der Waals surface area contributed by atoms with Gasteiger partial charge in [0.05, 0.1) is 17.5 Å². The van der Waals surface area contributed by atoms with Crippen LogP contribution >= 0.6 is 23.4 Å².